The zero-order valence-electron chi connectivity index (χ0n) is 37.8. The van der Waals surface area contributed by atoms with Crippen molar-refractivity contribution in [1.82, 2.24) is 0 Å². The van der Waals surface area contributed by atoms with Gasteiger partial charge in [-0.15, -0.1) is 0 Å². The maximum absolute atomic E-state index is 13.2. The van der Waals surface area contributed by atoms with Crippen molar-refractivity contribution in [2.45, 2.75) is 119 Å². The lowest BCUT2D eigenvalue weighted by atomic mass is 9.93. The van der Waals surface area contributed by atoms with Gasteiger partial charge in [0.2, 0.25) is 0 Å². The van der Waals surface area contributed by atoms with E-state index in [2.05, 4.69) is 4.52 Å². The average molecular weight is 1090 g/mol. The molecule has 68 heavy (non-hydrogen) atoms. The standard InChI is InChI=1S/C28H59B4O31P5/c1-6-49-17-8-50-16(7-33)23(17)62-67(44,45)51-9-18-24(22(37)28(32)55-18)63-68(46,47)54-12-21(58-27(31)15(4)36)61-66(42,43)53-11-20(57-26(30)14(3)35)60-65(40,41)52-10-19(56-25(29)13(2)34)59-64(38,39)48-5/h1,13-28,33-37H,7-12,29-32H2,2-5H3,(H,38,39)(H,40,41)(H,42,43)(H,44,45)(H,46,47)/t13-,14-,15-,16+,17+,18+,19?,20?,21?,22-,23?,24?,25+,26+,27+,28+/m0/s1. The lowest BCUT2D eigenvalue weighted by molar-refractivity contribution is -0.168. The Labute approximate surface area is 394 Å². The predicted octanol–water partition coefficient (Wildman–Crippen LogP) is -5.84. The summed E-state index contributed by atoms with van der Waals surface area (Å²) in [7, 11) is -20.4. The summed E-state index contributed by atoms with van der Waals surface area (Å²) in [4.78, 5) is 52.0. The Morgan fingerprint density at radius 2 is 1.06 bits per heavy atom. The monoisotopic (exact) mass is 1090 g/mol. The third kappa shape index (κ3) is 22.9. The fraction of sp³-hybridized carbons (Fsp3) is 0.929. The summed E-state index contributed by atoms with van der Waals surface area (Å²) in [5.41, 5.74) is 0. The van der Waals surface area contributed by atoms with Gasteiger partial charge in [0.15, 0.2) is 25.0 Å². The van der Waals surface area contributed by atoms with Crippen LogP contribution in [0, 0.1) is 12.5 Å². The van der Waals surface area contributed by atoms with Crippen molar-refractivity contribution in [3.63, 3.8) is 0 Å². The number of aliphatic hydroxyl groups excluding tert-OH is 5. The maximum Gasteiger partial charge on any atom is 0.474 e. The largest absolute Gasteiger partial charge is 0.474 e. The molecule has 21 atom stereocenters. The highest BCUT2D eigenvalue weighted by Gasteiger charge is 2.49. The van der Waals surface area contributed by atoms with E-state index >= 15 is 0 Å². The Morgan fingerprint density at radius 3 is 1.46 bits per heavy atom. The van der Waals surface area contributed by atoms with E-state index in [1.165, 1.54) is 52.2 Å². The number of aliphatic hydroxyl groups is 5. The first-order valence-electron chi connectivity index (χ1n) is 20.1. The molecule has 0 saturated carbocycles. The Balaban J connectivity index is 2.20. The lowest BCUT2D eigenvalue weighted by Crippen LogP contribution is -2.38. The van der Waals surface area contributed by atoms with Crippen molar-refractivity contribution in [2.24, 2.45) is 0 Å². The molecule has 10 unspecified atom stereocenters. The van der Waals surface area contributed by atoms with Crippen molar-refractivity contribution in [3.8, 4) is 12.5 Å². The summed E-state index contributed by atoms with van der Waals surface area (Å²) >= 11 is 0. The SMILES string of the molecule is B[C@H](OC(COP(=O)(O)OC(COP(=O)(O)OC(COP(=O)(O)OC1[C@@H](COP(=O)(O)OC2[C@H](OC#C)CO[C@@H]2CO)O[C@@H](B)[C@H]1O)O[C@@H](B)[C@H](C)O)O[C@@H](B)[C@H](C)O)OP(=O)(O)OC)[C@H](C)O. The molecule has 0 amide bonds. The summed E-state index contributed by atoms with van der Waals surface area (Å²) in [6, 6.07) is -4.77. The molecule has 0 aromatic rings. The molecular formula is C28H59B4O31P5. The van der Waals surface area contributed by atoms with Gasteiger partial charge in [-0.2, -0.15) is 0 Å². The smallest absolute Gasteiger partial charge is 0.438 e. The lowest BCUT2D eigenvalue weighted by Gasteiger charge is -2.29. The normalized spacial score (nSPS) is 30.6. The molecule has 2 heterocycles. The highest BCUT2D eigenvalue weighted by atomic mass is 31.2. The molecule has 0 aromatic carbocycles. The quantitative estimate of drug-likeness (QED) is 0.0124. The van der Waals surface area contributed by atoms with Crippen LogP contribution in [0.5, 0.6) is 0 Å². The molecule has 10 N–H and O–H groups in total. The minimum absolute atomic E-state index is 0.215. The average Bonchev–Trinajstić information content (AvgIpc) is 3.73. The number of rotatable bonds is 34. The van der Waals surface area contributed by atoms with Gasteiger partial charge in [-0.05, 0) is 20.8 Å². The first-order chi connectivity index (χ1) is 31.2. The topological polar surface area (TPSA) is 435 Å². The van der Waals surface area contributed by atoms with Crippen LogP contribution in [-0.4, -0.2) is 226 Å². The number of phosphoric acid groups is 5. The van der Waals surface area contributed by atoms with Crippen molar-refractivity contribution in [3.05, 3.63) is 0 Å². The Morgan fingerprint density at radius 1 is 0.662 bits per heavy atom. The van der Waals surface area contributed by atoms with Crippen LogP contribution in [0.1, 0.15) is 20.8 Å². The highest BCUT2D eigenvalue weighted by Crippen LogP contribution is 2.52. The van der Waals surface area contributed by atoms with Gasteiger partial charge in [0.25, 0.3) is 0 Å². The van der Waals surface area contributed by atoms with Crippen LogP contribution in [0.2, 0.25) is 0 Å². The van der Waals surface area contributed by atoms with Crippen LogP contribution in [0.4, 0.5) is 0 Å². The van der Waals surface area contributed by atoms with Gasteiger partial charge in [-0.3, -0.25) is 45.2 Å². The van der Waals surface area contributed by atoms with Gasteiger partial charge >= 0.3 is 39.1 Å². The number of phosphoric ester groups is 5. The number of terminal acetylenes is 1. The molecule has 0 aromatic heterocycles. The molecule has 0 aliphatic carbocycles. The third-order valence-corrected chi connectivity index (χ3v) is 14.2. The summed E-state index contributed by atoms with van der Waals surface area (Å²) in [5.74, 6) is 0. The van der Waals surface area contributed by atoms with Crippen LogP contribution in [-0.2, 0) is 96.5 Å². The molecule has 40 heteroatoms. The van der Waals surface area contributed by atoms with Gasteiger partial charge in [0.05, 0.1) is 62.1 Å². The number of hydrogen-bond donors (Lipinski definition) is 10. The second-order valence-electron chi connectivity index (χ2n) is 14.9. The second-order valence-corrected chi connectivity index (χ2v) is 22.0. The second kappa shape index (κ2) is 28.4. The molecule has 2 aliphatic rings. The first-order valence-corrected chi connectivity index (χ1v) is 27.6. The first kappa shape index (κ1) is 63.9. The molecule has 0 spiro atoms. The minimum atomic E-state index is -5.54. The molecule has 2 fully saturated rings. The molecule has 2 rings (SSSR count). The molecule has 394 valence electrons. The zero-order valence-corrected chi connectivity index (χ0v) is 42.3. The van der Waals surface area contributed by atoms with E-state index in [0.29, 0.717) is 0 Å². The van der Waals surface area contributed by atoms with E-state index in [0.717, 1.165) is 7.11 Å². The Bertz CT molecular complexity index is 1820. The van der Waals surface area contributed by atoms with E-state index in [1.807, 2.05) is 6.11 Å². The number of hydrogen-bond acceptors (Lipinski definition) is 26. The van der Waals surface area contributed by atoms with Crippen LogP contribution < -0.4 is 0 Å². The third-order valence-electron chi connectivity index (χ3n) is 9.33. The molecular weight excluding hydrogens is 1030 g/mol. The van der Waals surface area contributed by atoms with E-state index in [-0.39, 0.29) is 6.61 Å². The minimum Gasteiger partial charge on any atom is -0.438 e. The molecule has 31 nitrogen and oxygen atoms in total. The van der Waals surface area contributed by atoms with Gasteiger partial charge in [-0.1, -0.05) is 6.42 Å². The zero-order chi connectivity index (χ0) is 52.0. The van der Waals surface area contributed by atoms with Gasteiger partial charge in [0, 0.05) is 7.11 Å². The summed E-state index contributed by atoms with van der Waals surface area (Å²) in [6.07, 6.45) is -11.9. The van der Waals surface area contributed by atoms with Crippen molar-refractivity contribution >= 4 is 70.5 Å². The molecule has 2 saturated heterocycles. The van der Waals surface area contributed by atoms with Crippen LogP contribution in [0.15, 0.2) is 0 Å². The van der Waals surface area contributed by atoms with E-state index in [4.69, 9.17) is 75.6 Å². The maximum atomic E-state index is 13.2. The molecule has 2 aliphatic heterocycles. The van der Waals surface area contributed by atoms with Gasteiger partial charge < -0.3 is 78.4 Å². The summed E-state index contributed by atoms with van der Waals surface area (Å²) in [5, 5.41) is 50.0. The van der Waals surface area contributed by atoms with E-state index in [9.17, 15) is 72.8 Å². The molecule has 0 bridgehead atoms. The van der Waals surface area contributed by atoms with Crippen LogP contribution in [0.3, 0.4) is 0 Å². The van der Waals surface area contributed by atoms with Crippen LogP contribution >= 0.6 is 39.1 Å². The van der Waals surface area contributed by atoms with Gasteiger partial charge in [0.1, 0.15) is 87.8 Å². The number of ether oxygens (including phenoxy) is 6. The fourth-order valence-electron chi connectivity index (χ4n) is 5.21. The van der Waals surface area contributed by atoms with E-state index in [1.54, 1.807) is 0 Å². The van der Waals surface area contributed by atoms with Crippen molar-refractivity contribution in [2.75, 3.05) is 46.8 Å². The van der Waals surface area contributed by atoms with Crippen molar-refractivity contribution in [1.29, 1.82) is 0 Å². The summed E-state index contributed by atoms with van der Waals surface area (Å²) < 4.78 is 145. The Hall–Kier alpha value is -0.230. The molecule has 0 radical (unpaired) electrons. The van der Waals surface area contributed by atoms with E-state index < -0.39 is 170 Å². The Kier molecular flexibility index (Phi) is 26.7. The van der Waals surface area contributed by atoms with Crippen LogP contribution in [0.25, 0.3) is 0 Å². The van der Waals surface area contributed by atoms with Gasteiger partial charge in [-0.25, -0.2) is 22.8 Å². The summed E-state index contributed by atoms with van der Waals surface area (Å²) in [6.45, 7) is -1.81. The van der Waals surface area contributed by atoms with Crippen molar-refractivity contribution < 1.29 is 146 Å². The fourth-order valence-corrected chi connectivity index (χ4v) is 9.17. The highest BCUT2D eigenvalue weighted by molar-refractivity contribution is 7.48. The predicted molar refractivity (Wildman–Crippen MR) is 233 cm³/mol.